The maximum Gasteiger partial charge on any atom is 0.326 e. The Kier molecular flexibility index (Phi) is 3.99. The van der Waals surface area contributed by atoms with Gasteiger partial charge in [-0.1, -0.05) is 36.7 Å². The average molecular weight is 295 g/mol. The van der Waals surface area contributed by atoms with Crippen LogP contribution in [0.1, 0.15) is 23.8 Å². The molecule has 20 heavy (non-hydrogen) atoms. The van der Waals surface area contributed by atoms with E-state index in [1.165, 1.54) is 0 Å². The van der Waals surface area contributed by atoms with Gasteiger partial charge in [-0.05, 0) is 12.5 Å². The van der Waals surface area contributed by atoms with Crippen molar-refractivity contribution in [3.63, 3.8) is 0 Å². The molecule has 106 valence electrons. The third-order valence-electron chi connectivity index (χ3n) is 3.27. The zero-order valence-corrected chi connectivity index (χ0v) is 11.9. The summed E-state index contributed by atoms with van der Waals surface area (Å²) >= 11 is 6.23. The second kappa shape index (κ2) is 5.54. The van der Waals surface area contributed by atoms with Gasteiger partial charge in [-0.15, -0.1) is 0 Å². The number of carboxylic acids is 1. The molecule has 0 radical (unpaired) electrons. The maximum absolute atomic E-state index is 12.3. The summed E-state index contributed by atoms with van der Waals surface area (Å²) in [6.45, 7) is 1.70. The summed E-state index contributed by atoms with van der Waals surface area (Å²) in [4.78, 5) is 23.2. The van der Waals surface area contributed by atoms with Gasteiger partial charge in [-0.2, -0.15) is 0 Å². The number of aliphatic carboxylic acids is 1. The van der Waals surface area contributed by atoms with E-state index in [9.17, 15) is 9.59 Å². The fourth-order valence-corrected chi connectivity index (χ4v) is 2.54. The molecule has 1 heterocycles. The highest BCUT2D eigenvalue weighted by Crippen LogP contribution is 2.29. The molecule has 0 spiro atoms. The lowest BCUT2D eigenvalue weighted by molar-refractivity contribution is -0.139. The maximum atomic E-state index is 12.3. The van der Waals surface area contributed by atoms with Crippen LogP contribution >= 0.6 is 11.6 Å². The number of benzene rings is 1. The normalized spacial score (nSPS) is 12.3. The number of nitrogens with zero attached hydrogens (tertiary/aromatic N) is 1. The molecular weight excluding hydrogens is 280 g/mol. The number of aromatic nitrogens is 1. The number of carbonyl (C=O) groups is 2. The zero-order valence-electron chi connectivity index (χ0n) is 11.2. The largest absolute Gasteiger partial charge is 0.480 e. The molecule has 1 unspecified atom stereocenters. The number of halogens is 1. The van der Waals surface area contributed by atoms with E-state index in [1.807, 2.05) is 24.3 Å². The van der Waals surface area contributed by atoms with Crippen molar-refractivity contribution in [2.45, 2.75) is 19.4 Å². The van der Waals surface area contributed by atoms with E-state index in [-0.39, 0.29) is 5.69 Å². The molecular formula is C14H15ClN2O3. The van der Waals surface area contributed by atoms with Crippen molar-refractivity contribution in [1.82, 2.24) is 9.88 Å². The molecule has 6 heteroatoms. The molecule has 5 nitrogen and oxygen atoms in total. The Labute approximate surface area is 121 Å². The van der Waals surface area contributed by atoms with Crippen molar-refractivity contribution in [2.75, 3.05) is 0 Å². The van der Waals surface area contributed by atoms with Crippen molar-refractivity contribution >= 4 is 34.4 Å². The van der Waals surface area contributed by atoms with E-state index in [0.717, 1.165) is 10.9 Å². The summed E-state index contributed by atoms with van der Waals surface area (Å²) in [6, 6.07) is 6.45. The van der Waals surface area contributed by atoms with E-state index < -0.39 is 17.9 Å². The molecule has 1 aromatic carbocycles. The Morgan fingerprint density at radius 2 is 2.05 bits per heavy atom. The van der Waals surface area contributed by atoms with Crippen molar-refractivity contribution in [2.24, 2.45) is 7.05 Å². The Hall–Kier alpha value is -2.01. The summed E-state index contributed by atoms with van der Waals surface area (Å²) in [7, 11) is 1.73. The van der Waals surface area contributed by atoms with Gasteiger partial charge in [0.05, 0.1) is 5.02 Å². The standard InChI is InChI=1S/C14H15ClN2O3/c1-3-9(14(19)20)16-13(18)12-11(15)8-6-4-5-7-10(8)17(12)2/h4-7,9H,3H2,1-2H3,(H,16,18)(H,19,20). The molecule has 2 N–H and O–H groups in total. The summed E-state index contributed by atoms with van der Waals surface area (Å²) < 4.78 is 1.67. The highest BCUT2D eigenvalue weighted by molar-refractivity contribution is 6.38. The summed E-state index contributed by atoms with van der Waals surface area (Å²) in [6.07, 6.45) is 0.308. The van der Waals surface area contributed by atoms with Crippen LogP contribution in [0.2, 0.25) is 5.02 Å². The smallest absolute Gasteiger partial charge is 0.326 e. The molecule has 0 saturated carbocycles. The van der Waals surface area contributed by atoms with E-state index in [0.29, 0.717) is 11.4 Å². The number of aryl methyl sites for hydroxylation is 1. The molecule has 1 aromatic heterocycles. The Morgan fingerprint density at radius 3 is 2.60 bits per heavy atom. The fraction of sp³-hybridized carbons (Fsp3) is 0.286. The molecule has 1 amide bonds. The lowest BCUT2D eigenvalue weighted by Gasteiger charge is -2.13. The Bertz CT molecular complexity index is 639. The van der Waals surface area contributed by atoms with Crippen LogP contribution in [-0.4, -0.2) is 27.6 Å². The number of para-hydroxylation sites is 1. The van der Waals surface area contributed by atoms with Gasteiger partial charge in [0.1, 0.15) is 11.7 Å². The molecule has 2 rings (SSSR count). The van der Waals surface area contributed by atoms with E-state index in [4.69, 9.17) is 16.7 Å². The Morgan fingerprint density at radius 1 is 1.40 bits per heavy atom. The monoisotopic (exact) mass is 294 g/mol. The van der Waals surface area contributed by atoms with Crippen LogP contribution in [0.5, 0.6) is 0 Å². The number of carboxylic acid groups (broad SMARTS) is 1. The zero-order chi connectivity index (χ0) is 14.9. The van der Waals surface area contributed by atoms with Crippen LogP contribution in [0.4, 0.5) is 0 Å². The topological polar surface area (TPSA) is 71.3 Å². The predicted octanol–water partition coefficient (Wildman–Crippen LogP) is 2.42. The quantitative estimate of drug-likeness (QED) is 0.910. The minimum Gasteiger partial charge on any atom is -0.480 e. The molecule has 0 aliphatic carbocycles. The SMILES string of the molecule is CCC(NC(=O)c1c(Cl)c2ccccc2n1C)C(=O)O. The Balaban J connectivity index is 2.42. The van der Waals surface area contributed by atoms with Gasteiger partial charge in [0, 0.05) is 18.0 Å². The van der Waals surface area contributed by atoms with E-state index in [2.05, 4.69) is 5.32 Å². The molecule has 0 bridgehead atoms. The molecule has 2 aromatic rings. The van der Waals surface area contributed by atoms with E-state index in [1.54, 1.807) is 18.5 Å². The average Bonchev–Trinajstić information content (AvgIpc) is 2.68. The first-order valence-electron chi connectivity index (χ1n) is 6.24. The molecule has 0 saturated heterocycles. The summed E-state index contributed by atoms with van der Waals surface area (Å²) in [5.41, 5.74) is 1.10. The first-order chi connectivity index (χ1) is 9.47. The van der Waals surface area contributed by atoms with Crippen LogP contribution in [0, 0.1) is 0 Å². The van der Waals surface area contributed by atoms with E-state index >= 15 is 0 Å². The van der Waals surface area contributed by atoms with Crippen LogP contribution < -0.4 is 5.32 Å². The first-order valence-corrected chi connectivity index (χ1v) is 6.61. The number of hydrogen-bond acceptors (Lipinski definition) is 2. The summed E-state index contributed by atoms with van der Waals surface area (Å²) in [5.74, 6) is -1.54. The highest BCUT2D eigenvalue weighted by atomic mass is 35.5. The van der Waals surface area contributed by atoms with Crippen molar-refractivity contribution < 1.29 is 14.7 Å². The van der Waals surface area contributed by atoms with Gasteiger partial charge in [0.25, 0.3) is 5.91 Å². The number of amides is 1. The summed E-state index contributed by atoms with van der Waals surface area (Å²) in [5, 5.41) is 12.6. The van der Waals surface area contributed by atoms with Gasteiger partial charge < -0.3 is 15.0 Å². The molecule has 0 aliphatic rings. The van der Waals surface area contributed by atoms with Crippen molar-refractivity contribution in [1.29, 1.82) is 0 Å². The van der Waals surface area contributed by atoms with Gasteiger partial charge >= 0.3 is 5.97 Å². The third kappa shape index (κ3) is 2.36. The number of carbonyl (C=O) groups excluding carboxylic acids is 1. The van der Waals surface area contributed by atoms with Crippen LogP contribution in [0.3, 0.4) is 0 Å². The molecule has 0 aliphatic heterocycles. The fourth-order valence-electron chi connectivity index (χ4n) is 2.16. The first kappa shape index (κ1) is 14.4. The highest BCUT2D eigenvalue weighted by Gasteiger charge is 2.24. The molecule has 0 fully saturated rings. The second-order valence-electron chi connectivity index (χ2n) is 4.51. The minimum atomic E-state index is -1.06. The minimum absolute atomic E-state index is 0.271. The predicted molar refractivity (Wildman–Crippen MR) is 77.1 cm³/mol. The van der Waals surface area contributed by atoms with Gasteiger partial charge in [0.2, 0.25) is 0 Å². The lowest BCUT2D eigenvalue weighted by atomic mass is 10.2. The number of nitrogens with one attached hydrogen (secondary N) is 1. The molecule has 1 atom stereocenters. The number of rotatable bonds is 4. The van der Waals surface area contributed by atoms with Gasteiger partial charge in [-0.3, -0.25) is 4.79 Å². The number of fused-ring (bicyclic) bond motifs is 1. The van der Waals surface area contributed by atoms with Crippen molar-refractivity contribution in [3.05, 3.63) is 35.0 Å². The van der Waals surface area contributed by atoms with Gasteiger partial charge in [0.15, 0.2) is 0 Å². The number of hydrogen-bond donors (Lipinski definition) is 2. The van der Waals surface area contributed by atoms with Gasteiger partial charge in [-0.25, -0.2) is 4.79 Å². The van der Waals surface area contributed by atoms with Crippen LogP contribution in [-0.2, 0) is 11.8 Å². The third-order valence-corrected chi connectivity index (χ3v) is 3.65. The van der Waals surface area contributed by atoms with Crippen LogP contribution in [0.25, 0.3) is 10.9 Å². The second-order valence-corrected chi connectivity index (χ2v) is 4.89. The lowest BCUT2D eigenvalue weighted by Crippen LogP contribution is -2.40. The van der Waals surface area contributed by atoms with Crippen LogP contribution in [0.15, 0.2) is 24.3 Å². The van der Waals surface area contributed by atoms with Crippen molar-refractivity contribution in [3.8, 4) is 0 Å².